The van der Waals surface area contributed by atoms with Gasteiger partial charge in [-0.05, 0) is 18.2 Å². The van der Waals surface area contributed by atoms with E-state index in [0.29, 0.717) is 24.7 Å². The van der Waals surface area contributed by atoms with Gasteiger partial charge in [0.15, 0.2) is 11.5 Å². The zero-order valence-electron chi connectivity index (χ0n) is 9.03. The summed E-state index contributed by atoms with van der Waals surface area (Å²) in [6.07, 6.45) is 0.826. The van der Waals surface area contributed by atoms with E-state index in [1.165, 1.54) is 0 Å². The van der Waals surface area contributed by atoms with Crippen LogP contribution in [-0.2, 0) is 0 Å². The van der Waals surface area contributed by atoms with Crippen LogP contribution in [0, 0.1) is 0 Å². The minimum atomic E-state index is -0.982. The zero-order chi connectivity index (χ0) is 11.8. The first kappa shape index (κ1) is 10.0. The predicted molar refractivity (Wildman–Crippen MR) is 60.9 cm³/mol. The summed E-state index contributed by atoms with van der Waals surface area (Å²) in [5.41, 5.74) is 0.896. The molecule has 1 aliphatic rings. The first-order valence-electron chi connectivity index (χ1n) is 5.40. The normalized spacial score (nSPS) is 14.6. The van der Waals surface area contributed by atoms with Gasteiger partial charge in [0, 0.05) is 11.8 Å². The van der Waals surface area contributed by atoms with Crippen molar-refractivity contribution in [3.8, 4) is 11.5 Å². The third kappa shape index (κ3) is 1.60. The molecule has 5 heteroatoms. The number of aromatic amines is 1. The molecular weight excluding hydrogens is 222 g/mol. The highest BCUT2D eigenvalue weighted by atomic mass is 16.5. The summed E-state index contributed by atoms with van der Waals surface area (Å²) in [6.45, 7) is 1.20. The fourth-order valence-corrected chi connectivity index (χ4v) is 1.95. The number of aromatic carboxylic acids is 1. The van der Waals surface area contributed by atoms with Crippen LogP contribution in [0.4, 0.5) is 0 Å². The minimum Gasteiger partial charge on any atom is -0.490 e. The van der Waals surface area contributed by atoms with E-state index in [1.807, 2.05) is 0 Å². The molecule has 0 unspecified atom stereocenters. The molecule has 88 valence electrons. The van der Waals surface area contributed by atoms with Crippen LogP contribution in [0.25, 0.3) is 10.9 Å². The lowest BCUT2D eigenvalue weighted by Gasteiger charge is -2.07. The van der Waals surface area contributed by atoms with Crippen molar-refractivity contribution in [2.75, 3.05) is 13.2 Å². The smallest absolute Gasteiger partial charge is 0.352 e. The molecule has 17 heavy (non-hydrogen) atoms. The van der Waals surface area contributed by atoms with Crippen LogP contribution in [0.5, 0.6) is 11.5 Å². The number of ether oxygens (including phenoxy) is 2. The Bertz CT molecular complexity index is 587. The largest absolute Gasteiger partial charge is 0.490 e. The lowest BCUT2D eigenvalue weighted by Crippen LogP contribution is -1.97. The summed E-state index contributed by atoms with van der Waals surface area (Å²) in [5.74, 6) is 0.319. The van der Waals surface area contributed by atoms with Crippen molar-refractivity contribution in [2.24, 2.45) is 0 Å². The van der Waals surface area contributed by atoms with Crippen LogP contribution < -0.4 is 9.47 Å². The third-order valence-electron chi connectivity index (χ3n) is 2.74. The molecule has 3 rings (SSSR count). The number of H-pyrrole nitrogens is 1. The van der Waals surface area contributed by atoms with E-state index < -0.39 is 5.97 Å². The molecule has 0 saturated carbocycles. The van der Waals surface area contributed by atoms with Gasteiger partial charge in [0.2, 0.25) is 0 Å². The number of nitrogens with one attached hydrogen (secondary N) is 1. The van der Waals surface area contributed by atoms with Gasteiger partial charge < -0.3 is 19.6 Å². The Morgan fingerprint density at radius 3 is 2.94 bits per heavy atom. The Hall–Kier alpha value is -2.17. The second-order valence-electron chi connectivity index (χ2n) is 3.89. The number of hydrogen-bond acceptors (Lipinski definition) is 3. The molecule has 0 saturated heterocycles. The Balaban J connectivity index is 2.22. The number of rotatable bonds is 1. The molecule has 2 aromatic rings. The SMILES string of the molecule is O=C(O)c1cc2c3c(ccc2[nH]1)OCCCO3. The number of carboxylic acid groups (broad SMARTS) is 1. The monoisotopic (exact) mass is 233 g/mol. The third-order valence-corrected chi connectivity index (χ3v) is 2.74. The summed E-state index contributed by atoms with van der Waals surface area (Å²) in [4.78, 5) is 13.7. The van der Waals surface area contributed by atoms with Gasteiger partial charge in [0.05, 0.1) is 18.7 Å². The molecule has 0 atom stereocenters. The molecule has 0 amide bonds. The number of carboxylic acids is 1. The average Bonchev–Trinajstić information content (AvgIpc) is 2.61. The van der Waals surface area contributed by atoms with Crippen molar-refractivity contribution < 1.29 is 19.4 Å². The average molecular weight is 233 g/mol. The minimum absolute atomic E-state index is 0.154. The standard InChI is InChI=1S/C12H11NO4/c14-12(15)9-6-7-8(13-9)2-3-10-11(7)17-5-1-4-16-10/h2-3,6,13H,1,4-5H2,(H,14,15). The number of aromatic nitrogens is 1. The van der Waals surface area contributed by atoms with Crippen LogP contribution in [-0.4, -0.2) is 29.3 Å². The molecule has 2 N–H and O–H groups in total. The first-order valence-corrected chi connectivity index (χ1v) is 5.40. The molecule has 0 bridgehead atoms. The van der Waals surface area contributed by atoms with Crippen LogP contribution in [0.3, 0.4) is 0 Å². The highest BCUT2D eigenvalue weighted by Crippen LogP contribution is 2.37. The fourth-order valence-electron chi connectivity index (χ4n) is 1.95. The van der Waals surface area contributed by atoms with E-state index in [4.69, 9.17) is 14.6 Å². The van der Waals surface area contributed by atoms with E-state index in [2.05, 4.69) is 4.98 Å². The van der Waals surface area contributed by atoms with Crippen molar-refractivity contribution >= 4 is 16.9 Å². The Labute approximate surface area is 97.0 Å². The Kier molecular flexibility index (Phi) is 2.18. The predicted octanol–water partition coefficient (Wildman–Crippen LogP) is 2.03. The van der Waals surface area contributed by atoms with E-state index in [0.717, 1.165) is 17.3 Å². The van der Waals surface area contributed by atoms with Gasteiger partial charge in [-0.1, -0.05) is 0 Å². The quantitative estimate of drug-likeness (QED) is 0.790. The molecule has 2 heterocycles. The van der Waals surface area contributed by atoms with Crippen molar-refractivity contribution in [3.63, 3.8) is 0 Å². The summed E-state index contributed by atoms with van der Waals surface area (Å²) in [5, 5.41) is 9.69. The molecule has 0 fully saturated rings. The van der Waals surface area contributed by atoms with E-state index in [9.17, 15) is 4.79 Å². The van der Waals surface area contributed by atoms with Gasteiger partial charge in [-0.3, -0.25) is 0 Å². The first-order chi connectivity index (χ1) is 8.25. The second-order valence-corrected chi connectivity index (χ2v) is 3.89. The lowest BCUT2D eigenvalue weighted by atomic mass is 10.2. The van der Waals surface area contributed by atoms with Gasteiger partial charge in [0.1, 0.15) is 5.69 Å². The number of benzene rings is 1. The highest BCUT2D eigenvalue weighted by molar-refractivity contribution is 5.97. The van der Waals surface area contributed by atoms with E-state index >= 15 is 0 Å². The van der Waals surface area contributed by atoms with Gasteiger partial charge in [-0.25, -0.2) is 4.79 Å². The van der Waals surface area contributed by atoms with Gasteiger partial charge in [-0.15, -0.1) is 0 Å². The molecule has 5 nitrogen and oxygen atoms in total. The van der Waals surface area contributed by atoms with Crippen molar-refractivity contribution in [1.29, 1.82) is 0 Å². The summed E-state index contributed by atoms with van der Waals surface area (Å²) in [6, 6.07) is 5.17. The van der Waals surface area contributed by atoms with Crippen LogP contribution in [0.1, 0.15) is 16.9 Å². The number of carbonyl (C=O) groups is 1. The summed E-state index contributed by atoms with van der Waals surface area (Å²) >= 11 is 0. The Morgan fingerprint density at radius 1 is 1.29 bits per heavy atom. The molecule has 1 aromatic heterocycles. The van der Waals surface area contributed by atoms with Crippen LogP contribution in [0.2, 0.25) is 0 Å². The molecule has 0 spiro atoms. The van der Waals surface area contributed by atoms with Crippen molar-refractivity contribution in [2.45, 2.75) is 6.42 Å². The van der Waals surface area contributed by atoms with Gasteiger partial charge >= 0.3 is 5.97 Å². The topological polar surface area (TPSA) is 71.5 Å². The zero-order valence-corrected chi connectivity index (χ0v) is 9.03. The maximum atomic E-state index is 10.9. The highest BCUT2D eigenvalue weighted by Gasteiger charge is 2.17. The molecular formula is C12H11NO4. The fraction of sp³-hybridized carbons (Fsp3) is 0.250. The van der Waals surface area contributed by atoms with Crippen LogP contribution >= 0.6 is 0 Å². The van der Waals surface area contributed by atoms with Crippen molar-refractivity contribution in [3.05, 3.63) is 23.9 Å². The maximum Gasteiger partial charge on any atom is 0.352 e. The Morgan fingerprint density at radius 2 is 2.12 bits per heavy atom. The lowest BCUT2D eigenvalue weighted by molar-refractivity contribution is 0.0691. The summed E-state index contributed by atoms with van der Waals surface area (Å²) < 4.78 is 11.2. The number of hydrogen-bond donors (Lipinski definition) is 2. The van der Waals surface area contributed by atoms with E-state index in [-0.39, 0.29) is 5.69 Å². The summed E-state index contributed by atoms with van der Waals surface area (Å²) in [7, 11) is 0. The van der Waals surface area contributed by atoms with Crippen molar-refractivity contribution in [1.82, 2.24) is 4.98 Å². The second kappa shape index (κ2) is 3.69. The maximum absolute atomic E-state index is 10.9. The molecule has 0 radical (unpaired) electrons. The van der Waals surface area contributed by atoms with Gasteiger partial charge in [-0.2, -0.15) is 0 Å². The molecule has 0 aliphatic carbocycles. The van der Waals surface area contributed by atoms with Crippen LogP contribution in [0.15, 0.2) is 18.2 Å². The number of fused-ring (bicyclic) bond motifs is 3. The molecule has 1 aromatic carbocycles. The van der Waals surface area contributed by atoms with E-state index in [1.54, 1.807) is 18.2 Å². The molecule has 1 aliphatic heterocycles. The van der Waals surface area contributed by atoms with Gasteiger partial charge in [0.25, 0.3) is 0 Å².